The number of benzene rings is 1. The number of hydrogen-bond acceptors (Lipinski definition) is 5. The number of carbonyl (C=O) groups is 2. The van der Waals surface area contributed by atoms with Crippen LogP contribution in [-0.4, -0.2) is 31.2 Å². The van der Waals surface area contributed by atoms with E-state index in [-0.39, 0.29) is 16.8 Å². The lowest BCUT2D eigenvalue weighted by atomic mass is 10.1. The summed E-state index contributed by atoms with van der Waals surface area (Å²) >= 11 is 0. The van der Waals surface area contributed by atoms with Gasteiger partial charge in [-0.1, -0.05) is 0 Å². The van der Waals surface area contributed by atoms with Crippen LogP contribution >= 0.6 is 0 Å². The fraction of sp³-hybridized carbons (Fsp3) is 0.273. The predicted molar refractivity (Wildman–Crippen MR) is 66.6 cm³/mol. The van der Waals surface area contributed by atoms with E-state index in [2.05, 4.69) is 15.6 Å². The van der Waals surface area contributed by atoms with Crippen molar-refractivity contribution in [1.82, 2.24) is 10.5 Å². The van der Waals surface area contributed by atoms with Crippen molar-refractivity contribution in [3.05, 3.63) is 29.1 Å². The highest BCUT2D eigenvalue weighted by atomic mass is 19.1. The zero-order valence-corrected chi connectivity index (χ0v) is 10.8. The molecule has 0 aliphatic carbocycles. The summed E-state index contributed by atoms with van der Waals surface area (Å²) in [5.41, 5.74) is 2.29. The van der Waals surface area contributed by atoms with Crippen LogP contribution in [0.5, 0.6) is 0 Å². The van der Waals surface area contributed by atoms with E-state index in [1.165, 1.54) is 27.1 Å². The molecule has 4 N–H and O–H groups in total. The molecule has 0 aliphatic heterocycles. The van der Waals surface area contributed by atoms with Gasteiger partial charge in [0.15, 0.2) is 0 Å². The smallest absolute Gasteiger partial charge is 0.340 e. The summed E-state index contributed by atoms with van der Waals surface area (Å²) < 4.78 is 18.0. The average Bonchev–Trinajstić information content (AvgIpc) is 2.41. The van der Waals surface area contributed by atoms with Crippen LogP contribution in [0, 0.1) is 12.7 Å². The fourth-order valence-electron chi connectivity index (χ4n) is 1.41. The second-order valence-corrected chi connectivity index (χ2v) is 3.70. The molecule has 0 aliphatic rings. The average molecular weight is 270 g/mol. The molecule has 0 heterocycles. The van der Waals surface area contributed by atoms with E-state index in [0.717, 1.165) is 11.1 Å². The van der Waals surface area contributed by atoms with Gasteiger partial charge in [0.2, 0.25) is 0 Å². The Morgan fingerprint density at radius 3 is 2.58 bits per heavy atom. The molecule has 0 radical (unpaired) electrons. The van der Waals surface area contributed by atoms with Crippen LogP contribution in [0.3, 0.4) is 0 Å². The van der Waals surface area contributed by atoms with E-state index < -0.39 is 17.8 Å². The summed E-state index contributed by atoms with van der Waals surface area (Å²) in [6, 6.07) is 1.81. The van der Waals surface area contributed by atoms with Crippen LogP contribution < -0.4 is 16.7 Å². The number of ether oxygens (including phenoxy) is 1. The number of nitrogens with one attached hydrogen (secondary N) is 2. The third-order valence-electron chi connectivity index (χ3n) is 2.53. The van der Waals surface area contributed by atoms with Crippen LogP contribution in [0.25, 0.3) is 0 Å². The number of rotatable bonds is 3. The van der Waals surface area contributed by atoms with Gasteiger partial charge >= 0.3 is 12.0 Å². The van der Waals surface area contributed by atoms with Crippen LogP contribution in [0.2, 0.25) is 0 Å². The molecule has 0 spiro atoms. The SMILES string of the molecule is COC(=O)c1c(NC(=O)N(C)NN)ccc(F)c1C. The minimum absolute atomic E-state index is 0.0405. The molecule has 8 heteroatoms. The van der Waals surface area contributed by atoms with Gasteiger partial charge in [-0.3, -0.25) is 5.84 Å². The Hall–Kier alpha value is -2.19. The summed E-state index contributed by atoms with van der Waals surface area (Å²) in [6.07, 6.45) is 0. The van der Waals surface area contributed by atoms with Crippen LogP contribution in [0.4, 0.5) is 14.9 Å². The molecule has 0 atom stereocenters. The Balaban J connectivity index is 3.17. The molecule has 2 amide bonds. The third kappa shape index (κ3) is 3.18. The fourth-order valence-corrected chi connectivity index (χ4v) is 1.41. The summed E-state index contributed by atoms with van der Waals surface area (Å²) in [5.74, 6) is 3.76. The largest absolute Gasteiger partial charge is 0.465 e. The lowest BCUT2D eigenvalue weighted by Crippen LogP contribution is -2.46. The summed E-state index contributed by atoms with van der Waals surface area (Å²) in [6.45, 7) is 1.42. The number of urea groups is 1. The van der Waals surface area contributed by atoms with Crippen LogP contribution in [-0.2, 0) is 4.74 Å². The van der Waals surface area contributed by atoms with Crippen molar-refractivity contribution < 1.29 is 18.7 Å². The number of hydrazine groups is 2. The maximum absolute atomic E-state index is 13.5. The third-order valence-corrected chi connectivity index (χ3v) is 2.53. The van der Waals surface area contributed by atoms with Gasteiger partial charge in [-0.15, -0.1) is 0 Å². The quantitative estimate of drug-likeness (QED) is 0.428. The highest BCUT2D eigenvalue weighted by Gasteiger charge is 2.20. The van der Waals surface area contributed by atoms with Gasteiger partial charge in [-0.25, -0.2) is 19.0 Å². The zero-order chi connectivity index (χ0) is 14.6. The minimum atomic E-state index is -0.740. The molecule has 1 aromatic carbocycles. The van der Waals surface area contributed by atoms with Crippen molar-refractivity contribution >= 4 is 17.7 Å². The Kier molecular flexibility index (Phi) is 4.79. The van der Waals surface area contributed by atoms with Crippen LogP contribution in [0.1, 0.15) is 15.9 Å². The summed E-state index contributed by atoms with van der Waals surface area (Å²) in [5, 5.41) is 3.38. The lowest BCUT2D eigenvalue weighted by Gasteiger charge is -2.18. The Labute approximate surface area is 109 Å². The molecule has 19 heavy (non-hydrogen) atoms. The molecule has 0 saturated carbocycles. The molecule has 104 valence electrons. The number of halogens is 1. The first-order valence-corrected chi connectivity index (χ1v) is 5.30. The summed E-state index contributed by atoms with van der Waals surface area (Å²) in [4.78, 5) is 23.3. The number of esters is 1. The molecular formula is C11H15FN4O3. The maximum Gasteiger partial charge on any atom is 0.340 e. The van der Waals surface area contributed by atoms with Gasteiger partial charge in [0.25, 0.3) is 0 Å². The zero-order valence-electron chi connectivity index (χ0n) is 10.8. The number of nitrogens with zero attached hydrogens (tertiary/aromatic N) is 1. The van der Waals surface area contributed by atoms with E-state index >= 15 is 0 Å². The standard InChI is InChI=1S/C11H15FN4O3/c1-6-7(12)4-5-8(9(6)10(17)19-3)14-11(18)16(2)15-13/h4-5,15H,13H2,1-3H3,(H,14,18). The first kappa shape index (κ1) is 14.9. The Bertz CT molecular complexity index is 507. The predicted octanol–water partition coefficient (Wildman–Crippen LogP) is 0.763. The van der Waals surface area contributed by atoms with Crippen molar-refractivity contribution in [2.24, 2.45) is 5.84 Å². The molecule has 0 fully saturated rings. The van der Waals surface area contributed by atoms with Gasteiger partial charge in [0, 0.05) is 12.6 Å². The monoisotopic (exact) mass is 270 g/mol. The van der Waals surface area contributed by atoms with Gasteiger partial charge < -0.3 is 10.1 Å². The van der Waals surface area contributed by atoms with Gasteiger partial charge in [-0.2, -0.15) is 5.53 Å². The number of carbonyl (C=O) groups excluding carboxylic acids is 2. The molecule has 1 aromatic rings. The number of methoxy groups -OCH3 is 1. The van der Waals surface area contributed by atoms with Gasteiger partial charge in [0.05, 0.1) is 18.4 Å². The molecule has 0 aromatic heterocycles. The topological polar surface area (TPSA) is 96.7 Å². The molecule has 1 rings (SSSR count). The first-order chi connectivity index (χ1) is 8.92. The lowest BCUT2D eigenvalue weighted by molar-refractivity contribution is 0.0600. The highest BCUT2D eigenvalue weighted by Crippen LogP contribution is 2.23. The molecule has 0 saturated heterocycles. The summed E-state index contributed by atoms with van der Waals surface area (Å²) in [7, 11) is 2.55. The minimum Gasteiger partial charge on any atom is -0.465 e. The van der Waals surface area contributed by atoms with Crippen molar-refractivity contribution in [2.75, 3.05) is 19.5 Å². The Morgan fingerprint density at radius 1 is 1.42 bits per heavy atom. The van der Waals surface area contributed by atoms with E-state index in [4.69, 9.17) is 5.84 Å². The number of hydrogen-bond donors (Lipinski definition) is 3. The molecule has 0 unspecified atom stereocenters. The van der Waals surface area contributed by atoms with E-state index in [0.29, 0.717) is 0 Å². The van der Waals surface area contributed by atoms with E-state index in [1.807, 2.05) is 0 Å². The number of amides is 2. The molecule has 7 nitrogen and oxygen atoms in total. The van der Waals surface area contributed by atoms with E-state index in [1.54, 1.807) is 0 Å². The number of nitrogens with two attached hydrogens (primary N) is 1. The van der Waals surface area contributed by atoms with Gasteiger partial charge in [-0.05, 0) is 19.1 Å². The highest BCUT2D eigenvalue weighted by molar-refractivity contribution is 6.01. The second-order valence-electron chi connectivity index (χ2n) is 3.70. The van der Waals surface area contributed by atoms with Crippen molar-refractivity contribution in [3.63, 3.8) is 0 Å². The second kappa shape index (κ2) is 6.12. The normalized spacial score (nSPS) is 9.95. The van der Waals surface area contributed by atoms with E-state index in [9.17, 15) is 14.0 Å². The van der Waals surface area contributed by atoms with Crippen molar-refractivity contribution in [2.45, 2.75) is 6.92 Å². The molecule has 0 bridgehead atoms. The molecular weight excluding hydrogens is 255 g/mol. The van der Waals surface area contributed by atoms with Crippen molar-refractivity contribution in [1.29, 1.82) is 0 Å². The van der Waals surface area contributed by atoms with Crippen molar-refractivity contribution in [3.8, 4) is 0 Å². The van der Waals surface area contributed by atoms with Gasteiger partial charge in [0.1, 0.15) is 5.82 Å². The van der Waals surface area contributed by atoms with Crippen LogP contribution in [0.15, 0.2) is 12.1 Å². The number of anilines is 1. The Morgan fingerprint density at radius 2 is 2.05 bits per heavy atom. The maximum atomic E-state index is 13.5. The first-order valence-electron chi connectivity index (χ1n) is 5.30.